The third-order valence-corrected chi connectivity index (χ3v) is 3.98. The molecule has 126 valence electrons. The van der Waals surface area contributed by atoms with Crippen LogP contribution in [0.2, 0.25) is 0 Å². The number of aromatic nitrogens is 1. The van der Waals surface area contributed by atoms with Crippen molar-refractivity contribution in [3.05, 3.63) is 78.7 Å². The number of benzene rings is 1. The summed E-state index contributed by atoms with van der Waals surface area (Å²) in [4.78, 5) is 4.58. The summed E-state index contributed by atoms with van der Waals surface area (Å²) in [6.07, 6.45) is 6.47. The van der Waals surface area contributed by atoms with Gasteiger partial charge in [0.2, 0.25) is 0 Å². The molecule has 0 saturated carbocycles. The molecule has 1 aromatic heterocycles. The van der Waals surface area contributed by atoms with Gasteiger partial charge in [-0.15, -0.1) is 0 Å². The number of nitrogens with two attached hydrogens (primary N) is 1. The Morgan fingerprint density at radius 1 is 1.21 bits per heavy atom. The molecule has 0 bridgehead atoms. The second kappa shape index (κ2) is 8.57. The summed E-state index contributed by atoms with van der Waals surface area (Å²) in [6, 6.07) is 14.4. The molecule has 1 aliphatic rings. The van der Waals surface area contributed by atoms with Crippen LogP contribution in [0.3, 0.4) is 0 Å². The zero-order valence-electron chi connectivity index (χ0n) is 14.5. The topological polar surface area (TPSA) is 51.4 Å². The van der Waals surface area contributed by atoms with Gasteiger partial charge in [-0.1, -0.05) is 69.0 Å². The smallest absolute Gasteiger partial charge is 0.122 e. The van der Waals surface area contributed by atoms with Crippen LogP contribution in [0.5, 0.6) is 0 Å². The molecule has 24 heavy (non-hydrogen) atoms. The standard InChI is InChI=1S/C19H20N2O.C2H6/c1-2-17(10-11-20)19(14-22-19)12-18-9-8-16(13-21-18)15-6-4-3-5-7-15;1-2/h2-10,13H,1,11-12,14,20H2;1-2H3/b17-10+;. The summed E-state index contributed by atoms with van der Waals surface area (Å²) in [5, 5.41) is 0. The van der Waals surface area contributed by atoms with Crippen LogP contribution in [-0.2, 0) is 11.2 Å². The van der Waals surface area contributed by atoms with E-state index in [4.69, 9.17) is 10.5 Å². The molecule has 2 heterocycles. The summed E-state index contributed by atoms with van der Waals surface area (Å²) in [5.41, 5.74) is 9.71. The van der Waals surface area contributed by atoms with Crippen LogP contribution in [-0.4, -0.2) is 23.7 Å². The summed E-state index contributed by atoms with van der Waals surface area (Å²) in [5.74, 6) is 0. The van der Waals surface area contributed by atoms with Crippen LogP contribution in [0.25, 0.3) is 11.1 Å². The molecular weight excluding hydrogens is 296 g/mol. The van der Waals surface area contributed by atoms with Gasteiger partial charge in [0.25, 0.3) is 0 Å². The summed E-state index contributed by atoms with van der Waals surface area (Å²) < 4.78 is 5.69. The molecule has 2 aromatic rings. The molecule has 1 aromatic carbocycles. The SMILES string of the molecule is C=C/C(=C\CN)C1(Cc2ccc(-c3ccccc3)cn2)CO1.CC. The maximum Gasteiger partial charge on any atom is 0.122 e. The van der Waals surface area contributed by atoms with E-state index in [-0.39, 0.29) is 5.60 Å². The first-order valence-corrected chi connectivity index (χ1v) is 8.45. The highest BCUT2D eigenvalue weighted by Crippen LogP contribution is 2.38. The third-order valence-electron chi connectivity index (χ3n) is 3.98. The molecule has 0 radical (unpaired) electrons. The lowest BCUT2D eigenvalue weighted by molar-refractivity contribution is 0.339. The lowest BCUT2D eigenvalue weighted by Crippen LogP contribution is -2.19. The van der Waals surface area contributed by atoms with Gasteiger partial charge in [-0.05, 0) is 17.2 Å². The minimum absolute atomic E-state index is 0.275. The molecule has 0 spiro atoms. The molecule has 0 amide bonds. The molecular formula is C21H26N2O. The third kappa shape index (κ3) is 4.19. The van der Waals surface area contributed by atoms with Crippen LogP contribution in [0.4, 0.5) is 0 Å². The van der Waals surface area contributed by atoms with Gasteiger partial charge in [-0.3, -0.25) is 4.98 Å². The van der Waals surface area contributed by atoms with E-state index in [9.17, 15) is 0 Å². The average molecular weight is 322 g/mol. The first kappa shape index (κ1) is 18.1. The fourth-order valence-corrected chi connectivity index (χ4v) is 2.66. The van der Waals surface area contributed by atoms with Crippen molar-refractivity contribution in [2.45, 2.75) is 25.9 Å². The number of ether oxygens (including phenoxy) is 1. The van der Waals surface area contributed by atoms with Crippen molar-refractivity contribution < 1.29 is 4.74 Å². The molecule has 3 nitrogen and oxygen atoms in total. The summed E-state index contributed by atoms with van der Waals surface area (Å²) >= 11 is 0. The molecule has 1 saturated heterocycles. The Balaban J connectivity index is 0.00000100. The fraction of sp³-hybridized carbons (Fsp3) is 0.286. The van der Waals surface area contributed by atoms with E-state index >= 15 is 0 Å². The van der Waals surface area contributed by atoms with Crippen molar-refractivity contribution in [1.82, 2.24) is 4.98 Å². The van der Waals surface area contributed by atoms with E-state index in [0.29, 0.717) is 13.2 Å². The number of hydrogen-bond donors (Lipinski definition) is 1. The Morgan fingerprint density at radius 3 is 2.42 bits per heavy atom. The predicted molar refractivity (Wildman–Crippen MR) is 101 cm³/mol. The van der Waals surface area contributed by atoms with Gasteiger partial charge in [-0.25, -0.2) is 0 Å². The molecule has 1 atom stereocenters. The van der Waals surface area contributed by atoms with E-state index in [1.54, 1.807) is 0 Å². The molecule has 1 fully saturated rings. The number of pyridine rings is 1. The molecule has 1 aliphatic heterocycles. The van der Waals surface area contributed by atoms with Crippen molar-refractivity contribution in [2.24, 2.45) is 5.73 Å². The second-order valence-corrected chi connectivity index (χ2v) is 5.46. The van der Waals surface area contributed by atoms with E-state index in [0.717, 1.165) is 23.3 Å². The monoisotopic (exact) mass is 322 g/mol. The van der Waals surface area contributed by atoms with Gasteiger partial charge in [-0.2, -0.15) is 0 Å². The van der Waals surface area contributed by atoms with Crippen LogP contribution >= 0.6 is 0 Å². The van der Waals surface area contributed by atoms with Crippen molar-refractivity contribution in [2.75, 3.05) is 13.2 Å². The van der Waals surface area contributed by atoms with Gasteiger partial charge < -0.3 is 10.5 Å². The van der Waals surface area contributed by atoms with Crippen molar-refractivity contribution in [3.8, 4) is 11.1 Å². The lowest BCUT2D eigenvalue weighted by atomic mass is 9.93. The number of nitrogens with zero attached hydrogens (tertiary/aromatic N) is 1. The summed E-state index contributed by atoms with van der Waals surface area (Å²) in [7, 11) is 0. The van der Waals surface area contributed by atoms with E-state index in [2.05, 4.69) is 35.8 Å². The molecule has 3 rings (SSSR count). The first-order chi connectivity index (χ1) is 11.8. The van der Waals surface area contributed by atoms with Gasteiger partial charge in [0.15, 0.2) is 0 Å². The highest BCUT2D eigenvalue weighted by atomic mass is 16.6. The normalized spacial score (nSPS) is 19.2. The molecule has 1 unspecified atom stereocenters. The van der Waals surface area contributed by atoms with Crippen LogP contribution in [0, 0.1) is 0 Å². The molecule has 2 N–H and O–H groups in total. The maximum absolute atomic E-state index is 5.69. The van der Waals surface area contributed by atoms with Crippen LogP contribution < -0.4 is 5.73 Å². The van der Waals surface area contributed by atoms with Crippen molar-refractivity contribution >= 4 is 0 Å². The number of epoxide rings is 1. The lowest BCUT2D eigenvalue weighted by Gasteiger charge is -2.13. The van der Waals surface area contributed by atoms with Gasteiger partial charge in [0, 0.05) is 30.4 Å². The van der Waals surface area contributed by atoms with E-state index < -0.39 is 0 Å². The van der Waals surface area contributed by atoms with Gasteiger partial charge >= 0.3 is 0 Å². The number of hydrogen-bond acceptors (Lipinski definition) is 3. The average Bonchev–Trinajstić information content (AvgIpc) is 3.43. The van der Waals surface area contributed by atoms with Crippen LogP contribution in [0.1, 0.15) is 19.5 Å². The Kier molecular flexibility index (Phi) is 6.47. The van der Waals surface area contributed by atoms with Crippen LogP contribution in [0.15, 0.2) is 73.0 Å². The van der Waals surface area contributed by atoms with Crippen molar-refractivity contribution in [1.29, 1.82) is 0 Å². The second-order valence-electron chi connectivity index (χ2n) is 5.46. The highest BCUT2D eigenvalue weighted by Gasteiger charge is 2.47. The zero-order valence-corrected chi connectivity index (χ0v) is 14.5. The number of rotatable bonds is 6. The molecule has 0 aliphatic carbocycles. The Hall–Kier alpha value is -2.23. The molecule has 3 heteroatoms. The van der Waals surface area contributed by atoms with E-state index in [1.165, 1.54) is 5.56 Å². The Labute approximate surface area is 144 Å². The predicted octanol–water partition coefficient (Wildman–Crippen LogP) is 4.16. The Morgan fingerprint density at radius 2 is 1.92 bits per heavy atom. The van der Waals surface area contributed by atoms with E-state index in [1.807, 2.05) is 50.4 Å². The highest BCUT2D eigenvalue weighted by molar-refractivity contribution is 5.62. The fourth-order valence-electron chi connectivity index (χ4n) is 2.66. The Bertz CT molecular complexity index is 671. The largest absolute Gasteiger partial charge is 0.364 e. The minimum Gasteiger partial charge on any atom is -0.364 e. The van der Waals surface area contributed by atoms with Crippen molar-refractivity contribution in [3.63, 3.8) is 0 Å². The quantitative estimate of drug-likeness (QED) is 0.642. The van der Waals surface area contributed by atoms with Gasteiger partial charge in [0.1, 0.15) is 5.60 Å². The summed E-state index contributed by atoms with van der Waals surface area (Å²) in [6.45, 7) is 9.05. The zero-order chi connectivity index (χ0) is 17.4. The van der Waals surface area contributed by atoms with Gasteiger partial charge in [0.05, 0.1) is 6.61 Å². The maximum atomic E-state index is 5.69. The minimum atomic E-state index is -0.275. The first-order valence-electron chi connectivity index (χ1n) is 8.45.